The second-order valence-electron chi connectivity index (χ2n) is 2.35. The van der Waals surface area contributed by atoms with Gasteiger partial charge in [0.15, 0.2) is 5.15 Å². The Kier molecular flexibility index (Phi) is 2.83. The zero-order valence-electron chi connectivity index (χ0n) is 6.58. The Morgan fingerprint density at radius 1 is 1.45 bits per heavy atom. The maximum Gasteiger partial charge on any atom is 0.150 e. The molecule has 1 aromatic rings. The third-order valence-corrected chi connectivity index (χ3v) is 1.90. The maximum atomic E-state index is 5.80. The van der Waals surface area contributed by atoms with Crippen LogP contribution in [0.2, 0.25) is 5.15 Å². The molecule has 1 radical (unpaired) electrons. The monoisotopic (exact) mass is 169 g/mol. The number of halogens is 1. The van der Waals surface area contributed by atoms with Crippen molar-refractivity contribution in [1.29, 1.82) is 0 Å². The Labute approximate surface area is 71.6 Å². The zero-order chi connectivity index (χ0) is 8.27. The first-order chi connectivity index (χ1) is 5.25. The second-order valence-corrected chi connectivity index (χ2v) is 2.71. The van der Waals surface area contributed by atoms with Gasteiger partial charge in [-0.05, 0) is 6.42 Å². The lowest BCUT2D eigenvalue weighted by Gasteiger charge is -2.06. The highest BCUT2D eigenvalue weighted by molar-refractivity contribution is 6.30. The van der Waals surface area contributed by atoms with E-state index in [1.54, 1.807) is 12.4 Å². The van der Waals surface area contributed by atoms with Crippen LogP contribution >= 0.6 is 11.6 Å². The number of nitrogens with zero attached hydrogens (tertiary/aromatic N) is 2. The topological polar surface area (TPSA) is 25.8 Å². The molecule has 11 heavy (non-hydrogen) atoms. The fourth-order valence-corrected chi connectivity index (χ4v) is 1.07. The summed E-state index contributed by atoms with van der Waals surface area (Å²) in [5, 5.41) is 0.498. The standard InChI is InChI=1S/C8H10ClN2/c1-3-6(2)7-8(9)11-5-4-10-7/h3-6H,1-2H3. The number of aromatic nitrogens is 2. The molecule has 0 saturated carbocycles. The van der Waals surface area contributed by atoms with Crippen LogP contribution in [-0.2, 0) is 0 Å². The van der Waals surface area contributed by atoms with Crippen LogP contribution in [-0.4, -0.2) is 9.97 Å². The van der Waals surface area contributed by atoms with Gasteiger partial charge in [0.2, 0.25) is 0 Å². The SMILES string of the molecule is C[CH]C(C)c1nccnc1Cl. The number of hydrogen-bond acceptors (Lipinski definition) is 2. The average molecular weight is 170 g/mol. The van der Waals surface area contributed by atoms with Crippen LogP contribution < -0.4 is 0 Å². The van der Waals surface area contributed by atoms with Crippen LogP contribution in [0, 0.1) is 6.42 Å². The van der Waals surface area contributed by atoms with Crippen LogP contribution in [0.25, 0.3) is 0 Å². The van der Waals surface area contributed by atoms with Crippen LogP contribution in [0.5, 0.6) is 0 Å². The smallest absolute Gasteiger partial charge is 0.150 e. The van der Waals surface area contributed by atoms with E-state index in [2.05, 4.69) is 9.97 Å². The third-order valence-electron chi connectivity index (χ3n) is 1.61. The van der Waals surface area contributed by atoms with E-state index in [1.165, 1.54) is 0 Å². The van der Waals surface area contributed by atoms with E-state index in [-0.39, 0.29) is 5.92 Å². The molecule has 2 nitrogen and oxygen atoms in total. The molecule has 0 bridgehead atoms. The van der Waals surface area contributed by atoms with Crippen molar-refractivity contribution >= 4 is 11.6 Å². The molecule has 0 amide bonds. The molecule has 1 atom stereocenters. The molecule has 0 fully saturated rings. The Balaban J connectivity index is 2.93. The minimum Gasteiger partial charge on any atom is -0.256 e. The molecule has 1 aromatic heterocycles. The minimum absolute atomic E-state index is 0.274. The second kappa shape index (κ2) is 3.67. The molecule has 0 N–H and O–H groups in total. The molecule has 1 rings (SSSR count). The molecule has 59 valence electrons. The Hall–Kier alpha value is -0.630. The molecule has 0 aliphatic carbocycles. The summed E-state index contributed by atoms with van der Waals surface area (Å²) in [6, 6.07) is 0. The Bertz CT molecular complexity index is 237. The van der Waals surface area contributed by atoms with Gasteiger partial charge in [-0.1, -0.05) is 25.4 Å². The molecule has 1 unspecified atom stereocenters. The van der Waals surface area contributed by atoms with Crippen molar-refractivity contribution in [3.05, 3.63) is 29.7 Å². The highest BCUT2D eigenvalue weighted by Gasteiger charge is 2.08. The molecular formula is C8H10ClN2. The lowest BCUT2D eigenvalue weighted by molar-refractivity contribution is 0.831. The fraction of sp³-hybridized carbons (Fsp3) is 0.375. The van der Waals surface area contributed by atoms with Crippen molar-refractivity contribution in [1.82, 2.24) is 9.97 Å². The minimum atomic E-state index is 0.274. The number of hydrogen-bond donors (Lipinski definition) is 0. The first-order valence-corrected chi connectivity index (χ1v) is 3.89. The molecule has 0 saturated heterocycles. The fourth-order valence-electron chi connectivity index (χ4n) is 0.795. The molecule has 0 aliphatic rings. The third kappa shape index (κ3) is 1.90. The molecule has 0 spiro atoms. The summed E-state index contributed by atoms with van der Waals surface area (Å²) in [6.45, 7) is 4.02. The highest BCUT2D eigenvalue weighted by Crippen LogP contribution is 2.20. The molecule has 3 heteroatoms. The summed E-state index contributed by atoms with van der Waals surface area (Å²) in [5.41, 5.74) is 0.844. The average Bonchev–Trinajstić information content (AvgIpc) is 2.04. The molecule has 0 aliphatic heterocycles. The van der Waals surface area contributed by atoms with E-state index in [4.69, 9.17) is 11.6 Å². The predicted molar refractivity (Wildman–Crippen MR) is 45.4 cm³/mol. The van der Waals surface area contributed by atoms with Crippen LogP contribution in [0.15, 0.2) is 12.4 Å². The van der Waals surface area contributed by atoms with E-state index >= 15 is 0 Å². The van der Waals surface area contributed by atoms with E-state index in [0.717, 1.165) is 5.69 Å². The van der Waals surface area contributed by atoms with E-state index in [9.17, 15) is 0 Å². The van der Waals surface area contributed by atoms with Gasteiger partial charge in [0.05, 0.1) is 5.69 Å². The van der Waals surface area contributed by atoms with Crippen molar-refractivity contribution in [2.24, 2.45) is 0 Å². The van der Waals surface area contributed by atoms with E-state index in [0.29, 0.717) is 5.15 Å². The molecule has 0 aromatic carbocycles. The summed E-state index contributed by atoms with van der Waals surface area (Å²) < 4.78 is 0. The lowest BCUT2D eigenvalue weighted by Crippen LogP contribution is -1.97. The van der Waals surface area contributed by atoms with Gasteiger partial charge >= 0.3 is 0 Å². The van der Waals surface area contributed by atoms with Gasteiger partial charge in [0.25, 0.3) is 0 Å². The zero-order valence-corrected chi connectivity index (χ0v) is 7.34. The highest BCUT2D eigenvalue weighted by atomic mass is 35.5. The predicted octanol–water partition coefficient (Wildman–Crippen LogP) is 2.46. The summed E-state index contributed by atoms with van der Waals surface area (Å²) in [6.07, 6.45) is 5.28. The van der Waals surface area contributed by atoms with Crippen molar-refractivity contribution in [2.45, 2.75) is 19.8 Å². The van der Waals surface area contributed by atoms with Crippen LogP contribution in [0.4, 0.5) is 0 Å². The van der Waals surface area contributed by atoms with Crippen molar-refractivity contribution in [3.8, 4) is 0 Å². The van der Waals surface area contributed by atoms with Crippen LogP contribution in [0.3, 0.4) is 0 Å². The molecular weight excluding hydrogens is 160 g/mol. The number of rotatable bonds is 2. The Morgan fingerprint density at radius 2 is 2.09 bits per heavy atom. The maximum absolute atomic E-state index is 5.80. The van der Waals surface area contributed by atoms with Gasteiger partial charge in [-0.25, -0.2) is 4.98 Å². The van der Waals surface area contributed by atoms with Crippen molar-refractivity contribution in [2.75, 3.05) is 0 Å². The quantitative estimate of drug-likeness (QED) is 0.680. The van der Waals surface area contributed by atoms with Crippen molar-refractivity contribution < 1.29 is 0 Å². The Morgan fingerprint density at radius 3 is 2.64 bits per heavy atom. The van der Waals surface area contributed by atoms with E-state index < -0.39 is 0 Å². The van der Waals surface area contributed by atoms with Gasteiger partial charge in [-0.2, -0.15) is 0 Å². The normalized spacial score (nSPS) is 13.0. The lowest BCUT2D eigenvalue weighted by atomic mass is 10.1. The van der Waals surface area contributed by atoms with Gasteiger partial charge in [0.1, 0.15) is 0 Å². The summed E-state index contributed by atoms with van der Waals surface area (Å²) in [5.74, 6) is 0.274. The van der Waals surface area contributed by atoms with Gasteiger partial charge in [0, 0.05) is 18.3 Å². The van der Waals surface area contributed by atoms with Crippen molar-refractivity contribution in [3.63, 3.8) is 0 Å². The summed E-state index contributed by atoms with van der Waals surface area (Å²) in [7, 11) is 0. The van der Waals surface area contributed by atoms with Gasteiger partial charge < -0.3 is 0 Å². The first-order valence-electron chi connectivity index (χ1n) is 3.51. The van der Waals surface area contributed by atoms with E-state index in [1.807, 2.05) is 20.3 Å². The molecule has 1 heterocycles. The summed E-state index contributed by atoms with van der Waals surface area (Å²) in [4.78, 5) is 8.05. The van der Waals surface area contributed by atoms with Gasteiger partial charge in [-0.3, -0.25) is 4.98 Å². The van der Waals surface area contributed by atoms with Gasteiger partial charge in [-0.15, -0.1) is 0 Å². The largest absolute Gasteiger partial charge is 0.256 e. The summed E-state index contributed by atoms with van der Waals surface area (Å²) >= 11 is 5.80. The first kappa shape index (κ1) is 8.47. The van der Waals surface area contributed by atoms with Crippen LogP contribution in [0.1, 0.15) is 25.5 Å².